The molecule has 0 aliphatic carbocycles. The minimum absolute atomic E-state index is 0.0619. The van der Waals surface area contributed by atoms with Crippen molar-refractivity contribution in [3.63, 3.8) is 0 Å². The minimum Gasteiger partial charge on any atom is -0.485 e. The van der Waals surface area contributed by atoms with Crippen molar-refractivity contribution in [1.29, 1.82) is 0 Å². The second-order valence-electron chi connectivity index (χ2n) is 5.82. The number of carbonyl (C=O) groups excluding carboxylic acids is 1. The van der Waals surface area contributed by atoms with Crippen LogP contribution in [0.15, 0.2) is 65.0 Å². The molecule has 8 nitrogen and oxygen atoms in total. The van der Waals surface area contributed by atoms with Crippen molar-refractivity contribution in [2.45, 2.75) is 11.0 Å². The van der Waals surface area contributed by atoms with Gasteiger partial charge in [-0.3, -0.25) is 9.52 Å². The summed E-state index contributed by atoms with van der Waals surface area (Å²) in [4.78, 5) is 16.4. The largest absolute Gasteiger partial charge is 0.485 e. The first-order valence-electron chi connectivity index (χ1n) is 8.23. The summed E-state index contributed by atoms with van der Waals surface area (Å²) in [5.74, 6) is 0.712. The van der Waals surface area contributed by atoms with Crippen LogP contribution in [0.25, 0.3) is 0 Å². The summed E-state index contributed by atoms with van der Waals surface area (Å²) < 4.78 is 38.2. The van der Waals surface area contributed by atoms with E-state index in [-0.39, 0.29) is 22.5 Å². The molecule has 1 atom stereocenters. The Morgan fingerprint density at radius 1 is 1.11 bits per heavy atom. The summed E-state index contributed by atoms with van der Waals surface area (Å²) in [6.45, 7) is 0.0903. The maximum absolute atomic E-state index is 12.4. The van der Waals surface area contributed by atoms with E-state index in [1.165, 1.54) is 41.8 Å². The van der Waals surface area contributed by atoms with Crippen LogP contribution in [0.3, 0.4) is 0 Å². The molecule has 0 bridgehead atoms. The van der Waals surface area contributed by atoms with Crippen LogP contribution in [0.4, 0.5) is 10.8 Å². The molecule has 144 valence electrons. The molecule has 1 aliphatic rings. The van der Waals surface area contributed by atoms with Gasteiger partial charge in [-0.05, 0) is 36.4 Å². The van der Waals surface area contributed by atoms with Crippen molar-refractivity contribution >= 4 is 38.1 Å². The number of sulfonamides is 1. The highest BCUT2D eigenvalue weighted by atomic mass is 32.2. The van der Waals surface area contributed by atoms with E-state index in [1.807, 2.05) is 6.07 Å². The number of amides is 1. The summed E-state index contributed by atoms with van der Waals surface area (Å²) in [6, 6.07) is 12.9. The summed E-state index contributed by atoms with van der Waals surface area (Å²) in [6.07, 6.45) is 0.709. The lowest BCUT2D eigenvalue weighted by molar-refractivity contribution is -0.125. The number of nitrogens with one attached hydrogen (secondary N) is 2. The molecule has 0 spiro atoms. The molecule has 2 N–H and O–H groups in total. The van der Waals surface area contributed by atoms with Crippen LogP contribution in [-0.4, -0.2) is 32.0 Å². The third-order valence-electron chi connectivity index (χ3n) is 3.89. The first kappa shape index (κ1) is 18.3. The van der Waals surface area contributed by atoms with E-state index in [1.54, 1.807) is 23.6 Å². The lowest BCUT2D eigenvalue weighted by Crippen LogP contribution is -2.40. The van der Waals surface area contributed by atoms with Gasteiger partial charge in [0, 0.05) is 17.3 Å². The van der Waals surface area contributed by atoms with Gasteiger partial charge in [-0.1, -0.05) is 12.1 Å². The molecule has 1 amide bonds. The Hall–Kier alpha value is -3.11. The van der Waals surface area contributed by atoms with Crippen LogP contribution in [0.2, 0.25) is 0 Å². The summed E-state index contributed by atoms with van der Waals surface area (Å²) in [5.41, 5.74) is 0.445. The SMILES string of the molecule is O=C(Nc1ccc(S(=O)(=O)Nc2nccs2)cc1)[C@H]1COc2ccccc2O1. The van der Waals surface area contributed by atoms with Crippen molar-refractivity contribution in [1.82, 2.24) is 4.98 Å². The number of hydrogen-bond donors (Lipinski definition) is 2. The average Bonchev–Trinajstić information content (AvgIpc) is 3.20. The lowest BCUT2D eigenvalue weighted by Gasteiger charge is -2.25. The Bertz CT molecular complexity index is 1080. The zero-order valence-corrected chi connectivity index (χ0v) is 16.0. The van der Waals surface area contributed by atoms with E-state index in [4.69, 9.17) is 9.47 Å². The molecule has 1 aliphatic heterocycles. The first-order chi connectivity index (χ1) is 13.5. The number of fused-ring (bicyclic) bond motifs is 1. The van der Waals surface area contributed by atoms with E-state index in [9.17, 15) is 13.2 Å². The van der Waals surface area contributed by atoms with E-state index in [2.05, 4.69) is 15.0 Å². The molecular formula is C18H15N3O5S2. The smallest absolute Gasteiger partial charge is 0.269 e. The number of thiazole rings is 1. The molecule has 10 heteroatoms. The highest BCUT2D eigenvalue weighted by molar-refractivity contribution is 7.93. The zero-order chi connectivity index (χ0) is 19.6. The molecule has 0 saturated heterocycles. The number of aromatic nitrogens is 1. The van der Waals surface area contributed by atoms with Gasteiger partial charge in [0.2, 0.25) is 6.10 Å². The summed E-state index contributed by atoms with van der Waals surface area (Å²) >= 11 is 1.18. The number of anilines is 2. The van der Waals surface area contributed by atoms with Crippen molar-refractivity contribution in [3.05, 3.63) is 60.1 Å². The van der Waals surface area contributed by atoms with Gasteiger partial charge in [0.05, 0.1) is 4.90 Å². The van der Waals surface area contributed by atoms with Crippen molar-refractivity contribution in [3.8, 4) is 11.5 Å². The quantitative estimate of drug-likeness (QED) is 0.661. The molecule has 28 heavy (non-hydrogen) atoms. The molecule has 0 radical (unpaired) electrons. The van der Waals surface area contributed by atoms with Crippen LogP contribution in [0.5, 0.6) is 11.5 Å². The number of ether oxygens (including phenoxy) is 2. The van der Waals surface area contributed by atoms with Gasteiger partial charge in [0.1, 0.15) is 6.61 Å². The van der Waals surface area contributed by atoms with Gasteiger partial charge >= 0.3 is 0 Å². The number of nitrogens with zero attached hydrogens (tertiary/aromatic N) is 1. The summed E-state index contributed by atoms with van der Waals surface area (Å²) in [7, 11) is -3.74. The van der Waals surface area contributed by atoms with Crippen molar-refractivity contribution in [2.75, 3.05) is 16.6 Å². The number of rotatable bonds is 5. The molecule has 2 aromatic carbocycles. The lowest BCUT2D eigenvalue weighted by atomic mass is 10.2. The van der Waals surface area contributed by atoms with Crippen LogP contribution in [0.1, 0.15) is 0 Å². The highest BCUT2D eigenvalue weighted by Crippen LogP contribution is 2.31. The van der Waals surface area contributed by atoms with Crippen molar-refractivity contribution < 1.29 is 22.7 Å². The second-order valence-corrected chi connectivity index (χ2v) is 8.40. The van der Waals surface area contributed by atoms with Gasteiger partial charge in [0.15, 0.2) is 16.6 Å². The normalized spacial score (nSPS) is 15.6. The Balaban J connectivity index is 1.41. The Labute approximate surface area is 165 Å². The van der Waals surface area contributed by atoms with E-state index >= 15 is 0 Å². The molecule has 0 saturated carbocycles. The number of para-hydroxylation sites is 2. The predicted molar refractivity (Wildman–Crippen MR) is 104 cm³/mol. The fourth-order valence-electron chi connectivity index (χ4n) is 2.54. The third kappa shape index (κ3) is 3.92. The molecule has 3 aromatic rings. The van der Waals surface area contributed by atoms with Crippen LogP contribution in [-0.2, 0) is 14.8 Å². The minimum atomic E-state index is -3.74. The Morgan fingerprint density at radius 2 is 1.86 bits per heavy atom. The van der Waals surface area contributed by atoms with Crippen molar-refractivity contribution in [2.24, 2.45) is 0 Å². The van der Waals surface area contributed by atoms with Gasteiger partial charge in [-0.2, -0.15) is 0 Å². The second kappa shape index (κ2) is 7.49. The molecule has 0 unspecified atom stereocenters. The van der Waals surface area contributed by atoms with E-state index in [0.29, 0.717) is 17.2 Å². The van der Waals surface area contributed by atoms with E-state index in [0.717, 1.165) is 0 Å². The maximum Gasteiger partial charge on any atom is 0.269 e. The fraction of sp³-hybridized carbons (Fsp3) is 0.111. The molecule has 2 heterocycles. The van der Waals surface area contributed by atoms with Gasteiger partial charge in [-0.15, -0.1) is 11.3 Å². The molecule has 4 rings (SSSR count). The number of hydrogen-bond acceptors (Lipinski definition) is 7. The molecular weight excluding hydrogens is 402 g/mol. The standard InChI is InChI=1S/C18H15N3O5S2/c22-17(16-11-25-14-3-1-2-4-15(14)26-16)20-12-5-7-13(8-6-12)28(23,24)21-18-19-9-10-27-18/h1-10,16H,11H2,(H,19,21)(H,20,22)/t16-/m1/s1. The van der Waals surface area contributed by atoms with Crippen LogP contribution >= 0.6 is 11.3 Å². The van der Waals surface area contributed by atoms with Gasteiger partial charge in [0.25, 0.3) is 15.9 Å². The average molecular weight is 417 g/mol. The topological polar surface area (TPSA) is 107 Å². The summed E-state index contributed by atoms with van der Waals surface area (Å²) in [5, 5.41) is 4.65. The Kier molecular flexibility index (Phi) is 4.88. The highest BCUT2D eigenvalue weighted by Gasteiger charge is 2.27. The van der Waals surface area contributed by atoms with E-state index < -0.39 is 16.1 Å². The monoisotopic (exact) mass is 417 g/mol. The predicted octanol–water partition coefficient (Wildman–Crippen LogP) is 2.72. The maximum atomic E-state index is 12.4. The number of carbonyl (C=O) groups is 1. The van der Waals surface area contributed by atoms with Crippen LogP contribution < -0.4 is 19.5 Å². The molecule has 0 fully saturated rings. The fourth-order valence-corrected chi connectivity index (χ4v) is 4.33. The van der Waals surface area contributed by atoms with Gasteiger partial charge < -0.3 is 14.8 Å². The first-order valence-corrected chi connectivity index (χ1v) is 10.6. The third-order valence-corrected chi connectivity index (χ3v) is 6.06. The van der Waals surface area contributed by atoms with Crippen LogP contribution in [0, 0.1) is 0 Å². The Morgan fingerprint density at radius 3 is 2.57 bits per heavy atom. The zero-order valence-electron chi connectivity index (χ0n) is 14.4. The number of benzene rings is 2. The van der Waals surface area contributed by atoms with Gasteiger partial charge in [-0.25, -0.2) is 13.4 Å². The molecule has 1 aromatic heterocycles.